The van der Waals surface area contributed by atoms with Gasteiger partial charge < -0.3 is 30.9 Å². The van der Waals surface area contributed by atoms with Crippen LogP contribution < -0.4 is 20.7 Å². The largest absolute Gasteiger partial charge is 0.540 e. The highest BCUT2D eigenvalue weighted by atomic mass is 19.3. The Balaban J connectivity index is 1.57. The molecule has 10 nitrogen and oxygen atoms in total. The number of aliphatic carboxylic acids is 1. The summed E-state index contributed by atoms with van der Waals surface area (Å²) in [5, 5.41) is 25.6. The van der Waals surface area contributed by atoms with Crippen molar-refractivity contribution in [1.82, 2.24) is 10.6 Å². The van der Waals surface area contributed by atoms with E-state index < -0.39 is 60.3 Å². The second kappa shape index (κ2) is 12.1. The number of hydrogen-bond acceptors (Lipinski definition) is 6. The second-order valence-corrected chi connectivity index (χ2v) is 11.0. The monoisotopic (exact) mass is 619 g/mol. The molecule has 1 aliphatic heterocycles. The lowest BCUT2D eigenvalue weighted by Gasteiger charge is -2.30. The first-order valence-corrected chi connectivity index (χ1v) is 13.2. The Labute approximate surface area is 249 Å². The molecule has 0 saturated carbocycles. The Morgan fingerprint density at radius 3 is 2.07 bits per heavy atom. The van der Waals surface area contributed by atoms with Crippen molar-refractivity contribution < 1.29 is 51.6 Å². The van der Waals surface area contributed by atoms with Gasteiger partial charge in [-0.05, 0) is 52.4 Å². The first-order valence-electron chi connectivity index (χ1n) is 13.2. The Kier molecular flexibility index (Phi) is 8.88. The zero-order valence-electron chi connectivity index (χ0n) is 23.7. The Morgan fingerprint density at radius 1 is 0.909 bits per heavy atom. The molecule has 0 fully saturated rings. The highest BCUT2D eigenvalue weighted by Crippen LogP contribution is 2.47. The molecule has 1 heterocycles. The van der Waals surface area contributed by atoms with Crippen LogP contribution in [0, 0.1) is 0 Å². The number of anilines is 1. The lowest BCUT2D eigenvalue weighted by molar-refractivity contribution is -0.461. The molecular weight excluding hydrogens is 590 g/mol. The van der Waals surface area contributed by atoms with Crippen LogP contribution >= 0.6 is 0 Å². The predicted molar refractivity (Wildman–Crippen MR) is 149 cm³/mol. The number of aliphatic hydroxyl groups excluding tert-OH is 1. The lowest BCUT2D eigenvalue weighted by Crippen LogP contribution is -2.41. The highest BCUT2D eigenvalue weighted by Gasteiger charge is 2.54. The number of carboxylic acids is 1. The highest BCUT2D eigenvalue weighted by molar-refractivity contribution is 5.94. The van der Waals surface area contributed by atoms with E-state index in [1.54, 1.807) is 24.3 Å². The Morgan fingerprint density at radius 2 is 1.50 bits per heavy atom. The molecule has 2 atom stereocenters. The van der Waals surface area contributed by atoms with Gasteiger partial charge >= 0.3 is 24.4 Å². The number of ether oxygens (including phenoxy) is 2. The minimum absolute atomic E-state index is 0.155. The molecule has 0 radical (unpaired) electrons. The van der Waals surface area contributed by atoms with Gasteiger partial charge in [-0.2, -0.15) is 8.78 Å². The smallest absolute Gasteiger partial charge is 0.479 e. The van der Waals surface area contributed by atoms with Crippen molar-refractivity contribution in [3.63, 3.8) is 0 Å². The van der Waals surface area contributed by atoms with Crippen LogP contribution in [0.3, 0.4) is 0 Å². The van der Waals surface area contributed by atoms with E-state index in [0.717, 1.165) is 23.8 Å². The van der Waals surface area contributed by atoms with Gasteiger partial charge in [0, 0.05) is 11.3 Å². The number of fused-ring (bicyclic) bond motifs is 1. The molecular formula is C30H29F4N3O7. The van der Waals surface area contributed by atoms with E-state index in [2.05, 4.69) is 25.4 Å². The van der Waals surface area contributed by atoms with Crippen LogP contribution in [0.15, 0.2) is 66.7 Å². The molecule has 5 N–H and O–H groups in total. The number of carboxylic acid groups (broad SMARTS) is 1. The summed E-state index contributed by atoms with van der Waals surface area (Å²) in [6, 6.07) is 14.5. The Hall–Kier alpha value is -4.69. The molecule has 3 amide bonds. The fraction of sp³-hybridized carbons (Fsp3) is 0.300. The zero-order valence-corrected chi connectivity index (χ0v) is 23.7. The lowest BCUT2D eigenvalue weighted by atomic mass is 9.85. The number of aliphatic hydroxyl groups is 1. The molecule has 3 aromatic rings. The fourth-order valence-electron chi connectivity index (χ4n) is 4.32. The van der Waals surface area contributed by atoms with Crippen LogP contribution in [0.5, 0.6) is 5.75 Å². The minimum Gasteiger partial charge on any atom is -0.479 e. The molecule has 2 unspecified atom stereocenters. The van der Waals surface area contributed by atoms with Crippen molar-refractivity contribution >= 4 is 23.6 Å². The molecule has 0 spiro atoms. The number of amides is 3. The average Bonchev–Trinajstić information content (AvgIpc) is 2.93. The first-order chi connectivity index (χ1) is 20.4. The van der Waals surface area contributed by atoms with E-state index >= 15 is 0 Å². The number of urea groups is 1. The van der Waals surface area contributed by atoms with Crippen molar-refractivity contribution in [3.8, 4) is 5.75 Å². The molecule has 0 saturated heterocycles. The summed E-state index contributed by atoms with van der Waals surface area (Å²) in [5.74, 6) is -2.93. The van der Waals surface area contributed by atoms with Crippen molar-refractivity contribution in [1.29, 1.82) is 0 Å². The number of hydrogen-bond donors (Lipinski definition) is 5. The quantitative estimate of drug-likeness (QED) is 0.221. The fourth-order valence-corrected chi connectivity index (χ4v) is 4.32. The third-order valence-electron chi connectivity index (χ3n) is 6.66. The van der Waals surface area contributed by atoms with Gasteiger partial charge in [0.15, 0.2) is 6.10 Å². The van der Waals surface area contributed by atoms with Crippen LogP contribution in [0.25, 0.3) is 0 Å². The third-order valence-corrected chi connectivity index (χ3v) is 6.66. The average molecular weight is 620 g/mol. The van der Waals surface area contributed by atoms with Gasteiger partial charge in [-0.15, -0.1) is 8.78 Å². The zero-order chi connectivity index (χ0) is 32.4. The van der Waals surface area contributed by atoms with Crippen LogP contribution in [0.2, 0.25) is 0 Å². The van der Waals surface area contributed by atoms with E-state index in [9.17, 15) is 37.1 Å². The number of rotatable bonds is 8. The molecule has 0 aromatic heterocycles. The second-order valence-electron chi connectivity index (χ2n) is 11.0. The van der Waals surface area contributed by atoms with Crippen molar-refractivity contribution in [2.75, 3.05) is 11.9 Å². The van der Waals surface area contributed by atoms with E-state index in [4.69, 9.17) is 5.11 Å². The number of halogens is 4. The maximum atomic E-state index is 14.2. The van der Waals surface area contributed by atoms with Crippen molar-refractivity contribution in [2.24, 2.45) is 0 Å². The van der Waals surface area contributed by atoms with Gasteiger partial charge in [-0.1, -0.05) is 57.2 Å². The van der Waals surface area contributed by atoms with E-state index in [1.165, 1.54) is 12.1 Å². The van der Waals surface area contributed by atoms with Crippen molar-refractivity contribution in [3.05, 3.63) is 94.5 Å². The molecule has 44 heavy (non-hydrogen) atoms. The topological polar surface area (TPSA) is 146 Å². The van der Waals surface area contributed by atoms with E-state index in [1.807, 2.05) is 32.9 Å². The van der Waals surface area contributed by atoms with E-state index in [0.29, 0.717) is 11.1 Å². The predicted octanol–water partition coefficient (Wildman–Crippen LogP) is 5.08. The number of carbonyl (C=O) groups excluding carboxylic acids is 2. The Bertz CT molecular complexity index is 1540. The number of carbonyl (C=O) groups is 3. The summed E-state index contributed by atoms with van der Waals surface area (Å²) >= 11 is 0. The van der Waals surface area contributed by atoms with Crippen LogP contribution in [-0.2, 0) is 21.1 Å². The van der Waals surface area contributed by atoms with Crippen LogP contribution in [0.4, 0.5) is 28.0 Å². The van der Waals surface area contributed by atoms with Gasteiger partial charge in [-0.25, -0.2) is 14.3 Å². The van der Waals surface area contributed by atoms with Gasteiger partial charge in [0.05, 0.1) is 18.2 Å². The van der Waals surface area contributed by atoms with Gasteiger partial charge in [-0.3, -0.25) is 4.79 Å². The molecule has 3 aromatic carbocycles. The molecule has 4 rings (SSSR count). The molecule has 0 bridgehead atoms. The third kappa shape index (κ3) is 7.63. The standard InChI is InChI=1S/C30H29F4N3O7/c1-28(2,3)19-10-8-17(9-11-19)24(16-4-6-18(7-5-16)25(39)35-15-22(38)26(40)41)37-27(42)36-20-12-13-23-21(14-20)29(31,32)44-30(33,34)43-23/h4-14,22,24,38H,15H2,1-3H3,(H,35,39)(H,40,41)(H2,36,37,42). The van der Waals surface area contributed by atoms with Gasteiger partial charge in [0.1, 0.15) is 5.75 Å². The van der Waals surface area contributed by atoms with Crippen molar-refractivity contribution in [2.45, 2.75) is 50.7 Å². The maximum absolute atomic E-state index is 14.2. The maximum Gasteiger partial charge on any atom is 0.540 e. The summed E-state index contributed by atoms with van der Waals surface area (Å²) in [6.07, 6.45) is -10.7. The van der Waals surface area contributed by atoms with Crippen LogP contribution in [0.1, 0.15) is 59.4 Å². The number of nitrogens with one attached hydrogen (secondary N) is 3. The molecule has 234 valence electrons. The summed E-state index contributed by atoms with van der Waals surface area (Å²) in [4.78, 5) is 36.3. The van der Waals surface area contributed by atoms with Crippen LogP contribution in [-0.4, -0.2) is 47.1 Å². The van der Waals surface area contributed by atoms with Gasteiger partial charge in [0.25, 0.3) is 5.91 Å². The number of alkyl halides is 4. The summed E-state index contributed by atoms with van der Waals surface area (Å²) in [5.41, 5.74) is 1.01. The SMILES string of the molecule is CC(C)(C)c1ccc(C(NC(=O)Nc2ccc3c(c2)C(F)(F)OC(F)(F)O3)c2ccc(C(=O)NCC(O)C(=O)O)cc2)cc1. The molecule has 0 aliphatic carbocycles. The minimum atomic E-state index is -4.53. The van der Waals surface area contributed by atoms with E-state index in [-0.39, 0.29) is 16.7 Å². The summed E-state index contributed by atoms with van der Waals surface area (Å²) in [7, 11) is 0. The molecule has 14 heteroatoms. The summed E-state index contributed by atoms with van der Waals surface area (Å²) in [6.45, 7) is 5.59. The normalized spacial score (nSPS) is 16.5. The number of benzene rings is 3. The molecule has 1 aliphatic rings. The summed E-state index contributed by atoms with van der Waals surface area (Å²) < 4.78 is 62.7. The first kappa shape index (κ1) is 32.2. The van der Waals surface area contributed by atoms with Gasteiger partial charge in [0.2, 0.25) is 0 Å².